The van der Waals surface area contributed by atoms with E-state index < -0.39 is 5.97 Å². The molecule has 0 amide bonds. The maximum atomic E-state index is 11.8. The van der Waals surface area contributed by atoms with Crippen LogP contribution in [0.1, 0.15) is 35.3 Å². The number of carbonyl (C=O) groups is 2. The molecular formula is C14H17ClO3. The number of ketones is 1. The molecule has 1 aromatic carbocycles. The number of hydrogen-bond acceptors (Lipinski definition) is 3. The average Bonchev–Trinajstić information content (AvgIpc) is 2.38. The van der Waals surface area contributed by atoms with Gasteiger partial charge in [0.1, 0.15) is 0 Å². The van der Waals surface area contributed by atoms with Crippen LogP contribution in [0.25, 0.3) is 0 Å². The average molecular weight is 269 g/mol. The van der Waals surface area contributed by atoms with Crippen LogP contribution in [0.2, 0.25) is 0 Å². The molecule has 0 aliphatic heterocycles. The third kappa shape index (κ3) is 3.84. The van der Waals surface area contributed by atoms with Crippen LogP contribution in [0.3, 0.4) is 0 Å². The molecule has 98 valence electrons. The Balaban J connectivity index is 3.07. The van der Waals surface area contributed by atoms with E-state index in [0.29, 0.717) is 17.7 Å². The maximum Gasteiger partial charge on any atom is 0.338 e. The maximum absolute atomic E-state index is 11.8. The summed E-state index contributed by atoms with van der Waals surface area (Å²) in [5, 5.41) is 0. The van der Waals surface area contributed by atoms with Gasteiger partial charge in [-0.25, -0.2) is 4.79 Å². The molecule has 0 N–H and O–H groups in total. The molecule has 0 saturated carbocycles. The first-order valence-corrected chi connectivity index (χ1v) is 6.52. The molecule has 4 heteroatoms. The van der Waals surface area contributed by atoms with Crippen molar-refractivity contribution in [2.45, 2.75) is 26.7 Å². The molecule has 0 radical (unpaired) electrons. The van der Waals surface area contributed by atoms with Crippen molar-refractivity contribution >= 4 is 23.4 Å². The normalized spacial score (nSPS) is 10.2. The van der Waals surface area contributed by atoms with Crippen molar-refractivity contribution in [3.05, 3.63) is 34.9 Å². The number of Topliss-reactive ketones (excluding diaryl/α,β-unsaturated/α-hetero) is 1. The van der Waals surface area contributed by atoms with E-state index in [1.54, 1.807) is 13.0 Å². The third-order valence-corrected chi connectivity index (χ3v) is 2.91. The highest BCUT2D eigenvalue weighted by Crippen LogP contribution is 2.15. The molecule has 0 bridgehead atoms. The number of carbonyl (C=O) groups excluding carboxylic acids is 2. The van der Waals surface area contributed by atoms with Crippen LogP contribution in [0.4, 0.5) is 0 Å². The lowest BCUT2D eigenvalue weighted by Crippen LogP contribution is -2.12. The van der Waals surface area contributed by atoms with Crippen LogP contribution in [-0.2, 0) is 22.4 Å². The van der Waals surface area contributed by atoms with Gasteiger partial charge in [-0.05, 0) is 30.5 Å². The predicted octanol–water partition coefficient (Wildman–Crippen LogP) is 2.78. The van der Waals surface area contributed by atoms with Crippen molar-refractivity contribution in [3.8, 4) is 0 Å². The van der Waals surface area contributed by atoms with Crippen LogP contribution < -0.4 is 0 Å². The summed E-state index contributed by atoms with van der Waals surface area (Å²) in [5.74, 6) is -0.536. The molecule has 0 aromatic heterocycles. The van der Waals surface area contributed by atoms with E-state index in [1.165, 1.54) is 0 Å². The highest BCUT2D eigenvalue weighted by molar-refractivity contribution is 6.27. The lowest BCUT2D eigenvalue weighted by atomic mass is 9.99. The number of benzene rings is 1. The van der Waals surface area contributed by atoms with Gasteiger partial charge in [0.05, 0.1) is 18.1 Å². The molecule has 0 unspecified atom stereocenters. The van der Waals surface area contributed by atoms with Gasteiger partial charge in [-0.3, -0.25) is 4.79 Å². The van der Waals surface area contributed by atoms with Crippen molar-refractivity contribution in [2.24, 2.45) is 0 Å². The van der Waals surface area contributed by atoms with Gasteiger partial charge in [0, 0.05) is 6.42 Å². The van der Waals surface area contributed by atoms with Crippen LogP contribution in [0.15, 0.2) is 18.2 Å². The number of ether oxygens (including phenoxy) is 1. The number of rotatable bonds is 6. The summed E-state index contributed by atoms with van der Waals surface area (Å²) in [4.78, 5) is 23.2. The molecule has 0 spiro atoms. The first kappa shape index (κ1) is 14.7. The fourth-order valence-electron chi connectivity index (χ4n) is 1.68. The summed E-state index contributed by atoms with van der Waals surface area (Å²) >= 11 is 5.50. The zero-order chi connectivity index (χ0) is 13.5. The fraction of sp³-hybridized carbons (Fsp3) is 0.429. The standard InChI is InChI=1S/C14H17ClO3/c1-3-10-5-6-13(14(17)18-4-2)11(7-10)8-12(16)9-15/h5-7H,3-4,8-9H2,1-2H3. The monoisotopic (exact) mass is 268 g/mol. The second kappa shape index (κ2) is 7.17. The largest absolute Gasteiger partial charge is 0.462 e. The Kier molecular flexibility index (Phi) is 5.86. The Morgan fingerprint density at radius 1 is 1.28 bits per heavy atom. The van der Waals surface area contributed by atoms with Crippen molar-refractivity contribution < 1.29 is 14.3 Å². The molecule has 0 atom stereocenters. The number of esters is 1. The van der Waals surface area contributed by atoms with Gasteiger partial charge in [0.15, 0.2) is 5.78 Å². The molecule has 1 rings (SSSR count). The van der Waals surface area contributed by atoms with Gasteiger partial charge < -0.3 is 4.74 Å². The number of hydrogen-bond donors (Lipinski definition) is 0. The fourth-order valence-corrected chi connectivity index (χ4v) is 1.78. The van der Waals surface area contributed by atoms with E-state index in [9.17, 15) is 9.59 Å². The molecule has 0 fully saturated rings. The van der Waals surface area contributed by atoms with Gasteiger partial charge in [-0.1, -0.05) is 19.1 Å². The van der Waals surface area contributed by atoms with E-state index in [0.717, 1.165) is 12.0 Å². The van der Waals surface area contributed by atoms with Gasteiger partial charge in [0.25, 0.3) is 0 Å². The second-order valence-electron chi connectivity index (χ2n) is 3.91. The minimum atomic E-state index is -0.391. The first-order valence-electron chi connectivity index (χ1n) is 5.98. The van der Waals surface area contributed by atoms with Crippen LogP contribution in [0.5, 0.6) is 0 Å². The molecular weight excluding hydrogens is 252 g/mol. The zero-order valence-electron chi connectivity index (χ0n) is 10.7. The summed E-state index contributed by atoms with van der Waals surface area (Å²) in [6.07, 6.45) is 1.02. The third-order valence-electron chi connectivity index (χ3n) is 2.61. The molecule has 0 heterocycles. The van der Waals surface area contributed by atoms with E-state index in [1.807, 2.05) is 19.1 Å². The Labute approximate surface area is 112 Å². The Morgan fingerprint density at radius 3 is 2.56 bits per heavy atom. The Hall–Kier alpha value is -1.35. The molecule has 1 aromatic rings. The van der Waals surface area contributed by atoms with Crippen molar-refractivity contribution in [2.75, 3.05) is 12.5 Å². The van der Waals surface area contributed by atoms with E-state index in [2.05, 4.69) is 0 Å². The summed E-state index contributed by atoms with van der Waals surface area (Å²) in [7, 11) is 0. The predicted molar refractivity (Wildman–Crippen MR) is 71.2 cm³/mol. The van der Waals surface area contributed by atoms with Crippen LogP contribution in [-0.4, -0.2) is 24.2 Å². The molecule has 3 nitrogen and oxygen atoms in total. The number of alkyl halides is 1. The van der Waals surface area contributed by atoms with Crippen molar-refractivity contribution in [1.29, 1.82) is 0 Å². The minimum Gasteiger partial charge on any atom is -0.462 e. The molecule has 0 aliphatic carbocycles. The summed E-state index contributed by atoms with van der Waals surface area (Å²) in [6.45, 7) is 4.09. The summed E-state index contributed by atoms with van der Waals surface area (Å²) in [5.41, 5.74) is 2.23. The molecule has 0 aliphatic rings. The van der Waals surface area contributed by atoms with Crippen LogP contribution >= 0.6 is 11.6 Å². The van der Waals surface area contributed by atoms with Gasteiger partial charge in [0.2, 0.25) is 0 Å². The smallest absolute Gasteiger partial charge is 0.338 e. The lowest BCUT2D eigenvalue weighted by Gasteiger charge is -2.09. The highest BCUT2D eigenvalue weighted by atomic mass is 35.5. The quantitative estimate of drug-likeness (QED) is 0.589. The van der Waals surface area contributed by atoms with Gasteiger partial charge >= 0.3 is 5.97 Å². The number of aryl methyl sites for hydroxylation is 1. The zero-order valence-corrected chi connectivity index (χ0v) is 11.4. The van der Waals surface area contributed by atoms with E-state index >= 15 is 0 Å². The summed E-state index contributed by atoms with van der Waals surface area (Å²) in [6, 6.07) is 5.46. The van der Waals surface area contributed by atoms with E-state index in [4.69, 9.17) is 16.3 Å². The first-order chi connectivity index (χ1) is 8.62. The summed E-state index contributed by atoms with van der Waals surface area (Å²) < 4.78 is 4.97. The topological polar surface area (TPSA) is 43.4 Å². The van der Waals surface area contributed by atoms with Crippen LogP contribution in [0, 0.1) is 0 Å². The Bertz CT molecular complexity index is 441. The molecule has 18 heavy (non-hydrogen) atoms. The molecule has 0 saturated heterocycles. The number of halogens is 1. The minimum absolute atomic E-state index is 0.0430. The SMILES string of the molecule is CCOC(=O)c1ccc(CC)cc1CC(=O)CCl. The van der Waals surface area contributed by atoms with Gasteiger partial charge in [-0.2, -0.15) is 0 Å². The highest BCUT2D eigenvalue weighted by Gasteiger charge is 2.15. The van der Waals surface area contributed by atoms with Crippen molar-refractivity contribution in [1.82, 2.24) is 0 Å². The second-order valence-corrected chi connectivity index (χ2v) is 4.18. The van der Waals surface area contributed by atoms with Crippen molar-refractivity contribution in [3.63, 3.8) is 0 Å². The lowest BCUT2D eigenvalue weighted by molar-refractivity contribution is -0.116. The van der Waals surface area contributed by atoms with Gasteiger partial charge in [-0.15, -0.1) is 11.6 Å². The Morgan fingerprint density at radius 2 is 2.00 bits per heavy atom. The van der Waals surface area contributed by atoms with E-state index in [-0.39, 0.29) is 18.1 Å².